The highest BCUT2D eigenvalue weighted by Crippen LogP contribution is 2.42. The number of allylic oxidation sites excluding steroid dienone is 4. The molecule has 0 N–H and O–H groups in total. The highest BCUT2D eigenvalue weighted by molar-refractivity contribution is 5.55. The predicted octanol–water partition coefficient (Wildman–Crippen LogP) is 8.41. The van der Waals surface area contributed by atoms with Crippen LogP contribution in [0.25, 0.3) is 0 Å². The number of benzene rings is 1. The van der Waals surface area contributed by atoms with Crippen LogP contribution in [0.5, 0.6) is 5.75 Å². The Morgan fingerprint density at radius 1 is 0.875 bits per heavy atom. The first-order valence-electron chi connectivity index (χ1n) is 12.7. The van der Waals surface area contributed by atoms with Crippen LogP contribution in [0.1, 0.15) is 107 Å². The molecule has 0 saturated carbocycles. The van der Waals surface area contributed by atoms with E-state index in [9.17, 15) is 0 Å². The van der Waals surface area contributed by atoms with Gasteiger partial charge in [-0.25, -0.2) is 0 Å². The molecule has 1 fully saturated rings. The van der Waals surface area contributed by atoms with Crippen molar-refractivity contribution in [2.45, 2.75) is 131 Å². The monoisotopic (exact) mass is 438 g/mol. The van der Waals surface area contributed by atoms with Crippen LogP contribution in [0.4, 0.5) is 0 Å². The summed E-state index contributed by atoms with van der Waals surface area (Å²) in [5.41, 5.74) is 10.1. The van der Waals surface area contributed by atoms with E-state index in [0.717, 1.165) is 51.4 Å². The summed E-state index contributed by atoms with van der Waals surface area (Å²) in [4.78, 5) is 0. The van der Waals surface area contributed by atoms with Crippen molar-refractivity contribution in [3.05, 3.63) is 51.1 Å². The number of hydrogen-bond donors (Lipinski definition) is 0. The van der Waals surface area contributed by atoms with Gasteiger partial charge in [0.25, 0.3) is 0 Å². The average Bonchev–Trinajstić information content (AvgIpc) is 3.35. The Balaban J connectivity index is 1.46. The van der Waals surface area contributed by atoms with Crippen LogP contribution in [0.15, 0.2) is 23.3 Å². The summed E-state index contributed by atoms with van der Waals surface area (Å²) in [6.07, 6.45) is 14.4. The van der Waals surface area contributed by atoms with Crippen molar-refractivity contribution in [2.24, 2.45) is 0 Å². The van der Waals surface area contributed by atoms with Crippen molar-refractivity contribution >= 4 is 0 Å². The maximum atomic E-state index is 6.68. The molecule has 2 nitrogen and oxygen atoms in total. The molecule has 1 aromatic rings. The summed E-state index contributed by atoms with van der Waals surface area (Å²) in [5, 5.41) is 0. The van der Waals surface area contributed by atoms with Crippen LogP contribution in [0.3, 0.4) is 0 Å². The molecule has 32 heavy (non-hydrogen) atoms. The normalized spacial score (nSPS) is 24.8. The van der Waals surface area contributed by atoms with Crippen molar-refractivity contribution in [3.8, 4) is 5.75 Å². The molecule has 0 aliphatic carbocycles. The fourth-order valence-electron chi connectivity index (χ4n) is 5.13. The van der Waals surface area contributed by atoms with E-state index in [1.165, 1.54) is 44.7 Å². The van der Waals surface area contributed by atoms with Gasteiger partial charge in [-0.3, -0.25) is 0 Å². The standard InChI is InChI=1S/C30H46O2/c1-20(12-10-13-21(2)15-16-27-29(7,8)31-27)14-11-18-30(9)19-17-26-24(5)22(3)23(4)25(6)28(26)32-30/h13-14,27H,10-12,15-19H2,1-9H3/b20-14+,21-13+/t27?,30-/m1/s1. The Kier molecular flexibility index (Phi) is 7.65. The lowest BCUT2D eigenvalue weighted by atomic mass is 9.83. The minimum Gasteiger partial charge on any atom is -0.487 e. The van der Waals surface area contributed by atoms with Gasteiger partial charge in [0.05, 0.1) is 11.7 Å². The molecule has 0 aromatic heterocycles. The Hall–Kier alpha value is -1.54. The molecule has 2 atom stereocenters. The lowest BCUT2D eigenvalue weighted by Gasteiger charge is -2.38. The van der Waals surface area contributed by atoms with Gasteiger partial charge in [-0.1, -0.05) is 23.3 Å². The number of epoxide rings is 1. The number of hydrogen-bond acceptors (Lipinski definition) is 2. The first-order chi connectivity index (χ1) is 14.9. The van der Waals surface area contributed by atoms with Crippen LogP contribution in [-0.4, -0.2) is 17.3 Å². The number of rotatable bonds is 9. The van der Waals surface area contributed by atoms with Gasteiger partial charge in [-0.2, -0.15) is 0 Å². The Bertz CT molecular complexity index is 902. The SMILES string of the molecule is C/C(=C\CC[C@]1(C)CCc2c(C)c(C)c(C)c(C)c2O1)CC/C=C(\C)CCC1OC1(C)C. The summed E-state index contributed by atoms with van der Waals surface area (Å²) in [6.45, 7) is 20.2. The van der Waals surface area contributed by atoms with Gasteiger partial charge in [0.1, 0.15) is 11.4 Å². The second-order valence-corrected chi connectivity index (χ2v) is 11.3. The van der Waals surface area contributed by atoms with E-state index < -0.39 is 0 Å². The lowest BCUT2D eigenvalue weighted by molar-refractivity contribution is 0.0560. The average molecular weight is 439 g/mol. The van der Waals surface area contributed by atoms with E-state index in [1.807, 2.05) is 0 Å². The third kappa shape index (κ3) is 5.87. The van der Waals surface area contributed by atoms with Crippen LogP contribution in [0, 0.1) is 27.7 Å². The lowest BCUT2D eigenvalue weighted by Crippen LogP contribution is -2.37. The molecule has 178 valence electrons. The molecule has 0 bridgehead atoms. The topological polar surface area (TPSA) is 21.8 Å². The summed E-state index contributed by atoms with van der Waals surface area (Å²) in [6, 6.07) is 0. The Morgan fingerprint density at radius 2 is 1.47 bits per heavy atom. The minimum atomic E-state index is -0.0577. The van der Waals surface area contributed by atoms with E-state index in [2.05, 4.69) is 74.5 Å². The fourth-order valence-corrected chi connectivity index (χ4v) is 5.13. The molecule has 0 amide bonds. The molecule has 3 rings (SSSR count). The van der Waals surface area contributed by atoms with Crippen LogP contribution < -0.4 is 4.74 Å². The predicted molar refractivity (Wildman–Crippen MR) is 137 cm³/mol. The van der Waals surface area contributed by atoms with Crippen molar-refractivity contribution in [2.75, 3.05) is 0 Å². The van der Waals surface area contributed by atoms with E-state index in [-0.39, 0.29) is 11.2 Å². The fraction of sp³-hybridized carbons (Fsp3) is 0.667. The van der Waals surface area contributed by atoms with E-state index in [4.69, 9.17) is 9.47 Å². The van der Waals surface area contributed by atoms with E-state index in [0.29, 0.717) is 6.10 Å². The number of fused-ring (bicyclic) bond motifs is 1. The molecule has 2 heteroatoms. The van der Waals surface area contributed by atoms with Gasteiger partial charge < -0.3 is 9.47 Å². The Labute approximate surface area is 197 Å². The quantitative estimate of drug-likeness (QED) is 0.285. The highest BCUT2D eigenvalue weighted by atomic mass is 16.6. The van der Waals surface area contributed by atoms with E-state index in [1.54, 1.807) is 0 Å². The smallest absolute Gasteiger partial charge is 0.126 e. The second-order valence-electron chi connectivity index (χ2n) is 11.3. The second kappa shape index (κ2) is 9.75. The van der Waals surface area contributed by atoms with Crippen molar-refractivity contribution in [3.63, 3.8) is 0 Å². The van der Waals surface area contributed by atoms with Crippen molar-refractivity contribution in [1.29, 1.82) is 0 Å². The molecule has 1 saturated heterocycles. The summed E-state index contributed by atoms with van der Waals surface area (Å²) in [7, 11) is 0. The van der Waals surface area contributed by atoms with Gasteiger partial charge in [0.2, 0.25) is 0 Å². The zero-order valence-corrected chi connectivity index (χ0v) is 22.2. The molecule has 1 aromatic carbocycles. The van der Waals surface area contributed by atoms with Crippen LogP contribution in [0.2, 0.25) is 0 Å². The van der Waals surface area contributed by atoms with Crippen molar-refractivity contribution < 1.29 is 9.47 Å². The first kappa shape index (κ1) is 25.1. The Morgan fingerprint density at radius 3 is 2.12 bits per heavy atom. The number of ether oxygens (including phenoxy) is 2. The van der Waals surface area contributed by atoms with Crippen molar-refractivity contribution in [1.82, 2.24) is 0 Å². The maximum Gasteiger partial charge on any atom is 0.126 e. The molecule has 0 spiro atoms. The zero-order chi connectivity index (χ0) is 23.7. The minimum absolute atomic E-state index is 0.0577. The van der Waals surface area contributed by atoms with Crippen LogP contribution in [-0.2, 0) is 11.2 Å². The molecule has 1 unspecified atom stereocenters. The van der Waals surface area contributed by atoms with Gasteiger partial charge >= 0.3 is 0 Å². The third-order valence-electron chi connectivity index (χ3n) is 8.17. The largest absolute Gasteiger partial charge is 0.487 e. The van der Waals surface area contributed by atoms with Gasteiger partial charge in [-0.15, -0.1) is 0 Å². The molecule has 0 radical (unpaired) electrons. The molecular formula is C30H46O2. The summed E-state index contributed by atoms with van der Waals surface area (Å²) < 4.78 is 12.4. The maximum absolute atomic E-state index is 6.68. The molecule has 2 aliphatic heterocycles. The molecular weight excluding hydrogens is 392 g/mol. The molecule has 2 aliphatic rings. The zero-order valence-electron chi connectivity index (χ0n) is 22.2. The van der Waals surface area contributed by atoms with Gasteiger partial charge in [-0.05, 0) is 141 Å². The van der Waals surface area contributed by atoms with Gasteiger partial charge in [0.15, 0.2) is 0 Å². The van der Waals surface area contributed by atoms with Crippen LogP contribution >= 0.6 is 0 Å². The summed E-state index contributed by atoms with van der Waals surface area (Å²) in [5.74, 6) is 1.17. The molecule has 2 heterocycles. The first-order valence-corrected chi connectivity index (χ1v) is 12.7. The van der Waals surface area contributed by atoms with Gasteiger partial charge in [0, 0.05) is 0 Å². The van der Waals surface area contributed by atoms with E-state index >= 15 is 0 Å². The third-order valence-corrected chi connectivity index (χ3v) is 8.17. The highest BCUT2D eigenvalue weighted by Gasteiger charge is 2.46. The summed E-state index contributed by atoms with van der Waals surface area (Å²) >= 11 is 0.